The van der Waals surface area contributed by atoms with Crippen molar-refractivity contribution in [2.45, 2.75) is 5.60 Å². The average Bonchev–Trinajstić information content (AvgIpc) is 2.50. The molecule has 16 heavy (non-hydrogen) atoms. The molecule has 1 spiro atoms. The van der Waals surface area contributed by atoms with E-state index in [-0.39, 0.29) is 12.6 Å². The van der Waals surface area contributed by atoms with Crippen LogP contribution < -0.4 is 0 Å². The molecule has 4 heteroatoms. The normalized spacial score (nSPS) is 31.9. The molecule has 0 aromatic heterocycles. The van der Waals surface area contributed by atoms with Gasteiger partial charge in [0.1, 0.15) is 13.2 Å². The molecule has 0 amide bonds. The molecule has 0 saturated carbocycles. The van der Waals surface area contributed by atoms with Crippen molar-refractivity contribution in [3.05, 3.63) is 47.6 Å². The Morgan fingerprint density at radius 2 is 2.19 bits per heavy atom. The molecule has 2 heterocycles. The monoisotopic (exact) mass is 218 g/mol. The summed E-state index contributed by atoms with van der Waals surface area (Å²) in [6, 6.07) is 0. The Balaban J connectivity index is 2.13. The zero-order chi connectivity index (χ0) is 11.0. The third-order valence-electron chi connectivity index (χ3n) is 2.84. The van der Waals surface area contributed by atoms with Crippen molar-refractivity contribution >= 4 is 5.97 Å². The molecule has 1 unspecified atom stereocenters. The largest absolute Gasteiger partial charge is 0.459 e. The van der Waals surface area contributed by atoms with Crippen LogP contribution in [0.5, 0.6) is 0 Å². The minimum Gasteiger partial charge on any atom is -0.459 e. The van der Waals surface area contributed by atoms with Gasteiger partial charge in [-0.25, -0.2) is 14.6 Å². The smallest absolute Gasteiger partial charge is 0.331 e. The van der Waals surface area contributed by atoms with Gasteiger partial charge in [0, 0.05) is 11.6 Å². The fraction of sp³-hybridized carbons (Fsp3) is 0.250. The standard InChI is InChI=1S/C12H10O4/c13-11-7-10-4-1-3-9-5-2-6-15-16-12(9,10)8-14-11/h1-5,7H,6,8H2. The van der Waals surface area contributed by atoms with Crippen molar-refractivity contribution in [1.82, 2.24) is 0 Å². The third kappa shape index (κ3) is 1.27. The molecule has 0 radical (unpaired) electrons. The van der Waals surface area contributed by atoms with Crippen LogP contribution in [0, 0.1) is 0 Å². The summed E-state index contributed by atoms with van der Waals surface area (Å²) in [5.41, 5.74) is 0.925. The number of carbonyl (C=O) groups is 1. The van der Waals surface area contributed by atoms with E-state index in [9.17, 15) is 4.79 Å². The first kappa shape index (κ1) is 9.57. The van der Waals surface area contributed by atoms with E-state index in [0.29, 0.717) is 6.61 Å². The number of cyclic esters (lactones) is 1. The molecule has 0 aromatic rings. The molecule has 1 aliphatic carbocycles. The molecule has 0 N–H and O–H groups in total. The van der Waals surface area contributed by atoms with Gasteiger partial charge < -0.3 is 4.74 Å². The van der Waals surface area contributed by atoms with E-state index in [4.69, 9.17) is 14.5 Å². The first-order chi connectivity index (χ1) is 7.81. The molecule has 3 rings (SSSR count). The topological polar surface area (TPSA) is 44.8 Å². The maximum Gasteiger partial charge on any atom is 0.331 e. The van der Waals surface area contributed by atoms with E-state index < -0.39 is 5.60 Å². The van der Waals surface area contributed by atoms with Gasteiger partial charge in [-0.1, -0.05) is 30.4 Å². The second kappa shape index (κ2) is 3.43. The summed E-state index contributed by atoms with van der Waals surface area (Å²) in [5, 5.41) is 0. The Bertz CT molecular complexity index is 452. The van der Waals surface area contributed by atoms with E-state index in [1.807, 2.05) is 30.4 Å². The zero-order valence-corrected chi connectivity index (χ0v) is 8.51. The quantitative estimate of drug-likeness (QED) is 0.453. The van der Waals surface area contributed by atoms with Crippen LogP contribution in [0.1, 0.15) is 0 Å². The lowest BCUT2D eigenvalue weighted by Gasteiger charge is -2.36. The number of allylic oxidation sites excluding steroid dienone is 2. The summed E-state index contributed by atoms with van der Waals surface area (Å²) in [4.78, 5) is 21.7. The van der Waals surface area contributed by atoms with Crippen LogP contribution in [0.25, 0.3) is 0 Å². The third-order valence-corrected chi connectivity index (χ3v) is 2.84. The van der Waals surface area contributed by atoms with Crippen molar-refractivity contribution in [1.29, 1.82) is 0 Å². The van der Waals surface area contributed by atoms with Crippen LogP contribution >= 0.6 is 0 Å². The highest BCUT2D eigenvalue weighted by molar-refractivity contribution is 5.86. The lowest BCUT2D eigenvalue weighted by atomic mass is 9.81. The molecule has 2 aliphatic heterocycles. The second-order valence-corrected chi connectivity index (χ2v) is 3.79. The Kier molecular flexibility index (Phi) is 2.05. The zero-order valence-electron chi connectivity index (χ0n) is 8.51. The molecular formula is C12H10O4. The summed E-state index contributed by atoms with van der Waals surface area (Å²) >= 11 is 0. The number of esters is 1. The lowest BCUT2D eigenvalue weighted by Crippen LogP contribution is -2.45. The summed E-state index contributed by atoms with van der Waals surface area (Å²) in [6.07, 6.45) is 10.9. The summed E-state index contributed by atoms with van der Waals surface area (Å²) in [7, 11) is 0. The van der Waals surface area contributed by atoms with E-state index in [0.717, 1.165) is 11.1 Å². The minimum absolute atomic E-state index is 0.151. The SMILES string of the molecule is O=C1C=C2C=CC=C3C=CCOOC32CO1. The highest BCUT2D eigenvalue weighted by Gasteiger charge is 2.45. The molecule has 4 nitrogen and oxygen atoms in total. The summed E-state index contributed by atoms with van der Waals surface area (Å²) < 4.78 is 5.03. The van der Waals surface area contributed by atoms with Crippen molar-refractivity contribution in [3.8, 4) is 0 Å². The molecule has 0 saturated heterocycles. The number of rotatable bonds is 0. The fourth-order valence-corrected chi connectivity index (χ4v) is 2.02. The number of ether oxygens (including phenoxy) is 1. The molecular weight excluding hydrogens is 208 g/mol. The van der Waals surface area contributed by atoms with Gasteiger partial charge in [-0.2, -0.15) is 0 Å². The number of hydrogen-bond donors (Lipinski definition) is 0. The number of hydrogen-bond acceptors (Lipinski definition) is 4. The highest BCUT2D eigenvalue weighted by atomic mass is 17.2. The Morgan fingerprint density at radius 3 is 3.12 bits per heavy atom. The van der Waals surface area contributed by atoms with E-state index in [1.165, 1.54) is 6.08 Å². The second-order valence-electron chi connectivity index (χ2n) is 3.79. The Hall–Kier alpha value is -1.65. The fourth-order valence-electron chi connectivity index (χ4n) is 2.02. The summed E-state index contributed by atoms with van der Waals surface area (Å²) in [5.74, 6) is -0.344. The highest BCUT2D eigenvalue weighted by Crippen LogP contribution is 2.38. The first-order valence-electron chi connectivity index (χ1n) is 5.06. The van der Waals surface area contributed by atoms with Crippen LogP contribution in [-0.4, -0.2) is 24.8 Å². The predicted octanol–water partition coefficient (Wildman–Crippen LogP) is 1.22. The van der Waals surface area contributed by atoms with Crippen molar-refractivity contribution in [2.75, 3.05) is 13.2 Å². The molecule has 0 bridgehead atoms. The van der Waals surface area contributed by atoms with Crippen LogP contribution in [0.15, 0.2) is 47.6 Å². The van der Waals surface area contributed by atoms with Gasteiger partial charge in [0.15, 0.2) is 5.60 Å². The molecule has 0 aromatic carbocycles. The molecule has 82 valence electrons. The van der Waals surface area contributed by atoms with Gasteiger partial charge in [0.2, 0.25) is 0 Å². The maximum atomic E-state index is 11.2. The van der Waals surface area contributed by atoms with Gasteiger partial charge >= 0.3 is 5.97 Å². The Labute approximate surface area is 92.4 Å². The van der Waals surface area contributed by atoms with Gasteiger partial charge in [-0.05, 0) is 5.57 Å². The maximum absolute atomic E-state index is 11.2. The van der Waals surface area contributed by atoms with E-state index in [1.54, 1.807) is 0 Å². The Morgan fingerprint density at radius 1 is 1.25 bits per heavy atom. The lowest BCUT2D eigenvalue weighted by molar-refractivity contribution is -0.338. The van der Waals surface area contributed by atoms with Gasteiger partial charge in [-0.15, -0.1) is 0 Å². The van der Waals surface area contributed by atoms with Crippen LogP contribution in [0.4, 0.5) is 0 Å². The van der Waals surface area contributed by atoms with Crippen LogP contribution in [-0.2, 0) is 19.3 Å². The van der Waals surface area contributed by atoms with Crippen molar-refractivity contribution in [3.63, 3.8) is 0 Å². The molecule has 0 fully saturated rings. The van der Waals surface area contributed by atoms with Crippen LogP contribution in [0.3, 0.4) is 0 Å². The van der Waals surface area contributed by atoms with Gasteiger partial charge in [0.05, 0.1) is 0 Å². The van der Waals surface area contributed by atoms with E-state index in [2.05, 4.69) is 0 Å². The average molecular weight is 218 g/mol. The first-order valence-corrected chi connectivity index (χ1v) is 5.06. The van der Waals surface area contributed by atoms with Gasteiger partial charge in [-0.3, -0.25) is 0 Å². The summed E-state index contributed by atoms with van der Waals surface area (Å²) in [6.45, 7) is 0.540. The van der Waals surface area contributed by atoms with E-state index >= 15 is 0 Å². The van der Waals surface area contributed by atoms with Crippen LogP contribution in [0.2, 0.25) is 0 Å². The van der Waals surface area contributed by atoms with Gasteiger partial charge in [0.25, 0.3) is 0 Å². The minimum atomic E-state index is -0.782. The van der Waals surface area contributed by atoms with Crippen molar-refractivity contribution in [2.24, 2.45) is 0 Å². The predicted molar refractivity (Wildman–Crippen MR) is 55.2 cm³/mol. The number of carbonyl (C=O) groups excluding carboxylic acids is 1. The van der Waals surface area contributed by atoms with Crippen molar-refractivity contribution < 1.29 is 19.3 Å². The molecule has 3 aliphatic rings. The molecule has 1 atom stereocenters.